The van der Waals surface area contributed by atoms with E-state index in [9.17, 15) is 31.4 Å². The second-order valence-corrected chi connectivity index (χ2v) is 7.36. The first-order valence-corrected chi connectivity index (χ1v) is 9.76. The van der Waals surface area contributed by atoms with Crippen LogP contribution in [0.2, 0.25) is 0 Å². The normalized spacial score (nSPS) is 11.6. The molecule has 0 spiro atoms. The lowest BCUT2D eigenvalue weighted by atomic mass is 10.1. The molecule has 0 fully saturated rings. The first-order valence-electron chi connectivity index (χ1n) is 9.76. The van der Waals surface area contributed by atoms with Gasteiger partial charge in [-0.1, -0.05) is 23.4 Å². The van der Waals surface area contributed by atoms with Gasteiger partial charge in [-0.15, -0.1) is 0 Å². The summed E-state index contributed by atoms with van der Waals surface area (Å²) in [6.45, 7) is 1.48. The maximum atomic E-state index is 14.1. The van der Waals surface area contributed by atoms with Gasteiger partial charge in [0.2, 0.25) is 5.82 Å². The highest BCUT2D eigenvalue weighted by atomic mass is 19.4. The molecule has 0 saturated carbocycles. The van der Waals surface area contributed by atoms with Gasteiger partial charge in [0.15, 0.2) is 17.4 Å². The number of anilines is 1. The van der Waals surface area contributed by atoms with Crippen LogP contribution in [0.3, 0.4) is 0 Å². The minimum absolute atomic E-state index is 0.0269. The summed E-state index contributed by atoms with van der Waals surface area (Å²) in [6, 6.07) is 9.15. The number of nitrogens with zero attached hydrogens (tertiary/aromatic N) is 2. The molecule has 0 aliphatic heterocycles. The van der Waals surface area contributed by atoms with Crippen LogP contribution in [-0.2, 0) is 12.7 Å². The number of phenolic OH excluding ortho intramolecular Hbond substituents is 1. The Morgan fingerprint density at radius 3 is 2.50 bits per heavy atom. The summed E-state index contributed by atoms with van der Waals surface area (Å²) in [6.07, 6.45) is -4.72. The monoisotopic (exact) mass is 479 g/mol. The zero-order valence-electron chi connectivity index (χ0n) is 17.3. The molecule has 0 unspecified atom stereocenters. The smallest absolute Gasteiger partial charge is 0.416 e. The summed E-state index contributed by atoms with van der Waals surface area (Å²) in [5, 5.41) is 16.1. The van der Waals surface area contributed by atoms with Gasteiger partial charge in [0.25, 0.3) is 5.89 Å². The fourth-order valence-corrected chi connectivity index (χ4v) is 3.27. The van der Waals surface area contributed by atoms with Crippen LogP contribution in [-0.4, -0.2) is 15.2 Å². The molecule has 11 heteroatoms. The molecule has 34 heavy (non-hydrogen) atoms. The summed E-state index contributed by atoms with van der Waals surface area (Å²) in [4.78, 5) is 4.06. The SMILES string of the molecule is Cc1ccc(-c2noc(-c3ccc(F)c(O)c3F)n2)cc1NCc1ccc(F)cc1C(F)(F)F. The van der Waals surface area contributed by atoms with Crippen molar-refractivity contribution in [2.75, 3.05) is 5.32 Å². The zero-order valence-corrected chi connectivity index (χ0v) is 17.3. The van der Waals surface area contributed by atoms with Gasteiger partial charge >= 0.3 is 6.18 Å². The Morgan fingerprint density at radius 1 is 1.00 bits per heavy atom. The number of phenols is 1. The Labute approximate surface area is 188 Å². The fraction of sp³-hybridized carbons (Fsp3) is 0.130. The third-order valence-corrected chi connectivity index (χ3v) is 5.07. The molecule has 2 N–H and O–H groups in total. The van der Waals surface area contributed by atoms with Crippen LogP contribution in [0.25, 0.3) is 22.8 Å². The molecule has 3 aromatic carbocycles. The van der Waals surface area contributed by atoms with Crippen LogP contribution in [0.1, 0.15) is 16.7 Å². The Morgan fingerprint density at radius 2 is 1.76 bits per heavy atom. The summed E-state index contributed by atoms with van der Waals surface area (Å²) >= 11 is 0. The van der Waals surface area contributed by atoms with Crippen LogP contribution < -0.4 is 5.32 Å². The number of nitrogens with one attached hydrogen (secondary N) is 1. The van der Waals surface area contributed by atoms with E-state index in [0.29, 0.717) is 22.9 Å². The molecule has 0 amide bonds. The van der Waals surface area contributed by atoms with Crippen molar-refractivity contribution in [3.63, 3.8) is 0 Å². The van der Waals surface area contributed by atoms with Gasteiger partial charge in [-0.25, -0.2) is 13.2 Å². The van der Waals surface area contributed by atoms with Gasteiger partial charge < -0.3 is 14.9 Å². The molecule has 1 aromatic heterocycles. The third-order valence-electron chi connectivity index (χ3n) is 5.07. The van der Waals surface area contributed by atoms with Crippen LogP contribution in [0.15, 0.2) is 53.1 Å². The van der Waals surface area contributed by atoms with E-state index in [0.717, 1.165) is 24.3 Å². The predicted molar refractivity (Wildman–Crippen MR) is 110 cm³/mol. The molecule has 4 rings (SSSR count). The van der Waals surface area contributed by atoms with Crippen molar-refractivity contribution in [1.82, 2.24) is 10.1 Å². The number of rotatable bonds is 5. The number of halogens is 6. The van der Waals surface area contributed by atoms with E-state index in [1.807, 2.05) is 0 Å². The Hall–Kier alpha value is -4.02. The van der Waals surface area contributed by atoms with Crippen molar-refractivity contribution in [2.24, 2.45) is 0 Å². The fourth-order valence-electron chi connectivity index (χ4n) is 3.27. The second-order valence-electron chi connectivity index (χ2n) is 7.36. The zero-order chi connectivity index (χ0) is 24.6. The number of aryl methyl sites for hydroxylation is 1. The minimum Gasteiger partial charge on any atom is -0.503 e. The Bertz CT molecular complexity index is 1370. The van der Waals surface area contributed by atoms with Gasteiger partial charge in [0.1, 0.15) is 5.82 Å². The second kappa shape index (κ2) is 8.73. The third kappa shape index (κ3) is 4.54. The maximum absolute atomic E-state index is 14.1. The number of aromatic hydroxyl groups is 1. The molecule has 176 valence electrons. The summed E-state index contributed by atoms with van der Waals surface area (Å²) in [7, 11) is 0. The van der Waals surface area contributed by atoms with Crippen LogP contribution in [0, 0.1) is 24.4 Å². The van der Waals surface area contributed by atoms with E-state index >= 15 is 0 Å². The minimum atomic E-state index is -4.72. The molecule has 0 aliphatic carbocycles. The van der Waals surface area contributed by atoms with Gasteiger partial charge in [-0.05, 0) is 48.4 Å². The molecular formula is C23H15F6N3O2. The highest BCUT2D eigenvalue weighted by Gasteiger charge is 2.33. The molecule has 5 nitrogen and oxygen atoms in total. The predicted octanol–water partition coefficient (Wildman–Crippen LogP) is 6.47. The molecule has 0 atom stereocenters. The topological polar surface area (TPSA) is 71.2 Å². The highest BCUT2D eigenvalue weighted by molar-refractivity contribution is 5.67. The summed E-state index contributed by atoms with van der Waals surface area (Å²) < 4.78 is 85.6. The van der Waals surface area contributed by atoms with Gasteiger partial charge in [0, 0.05) is 17.8 Å². The average Bonchev–Trinajstić information content (AvgIpc) is 3.27. The first-order chi connectivity index (χ1) is 16.0. The maximum Gasteiger partial charge on any atom is 0.416 e. The van der Waals surface area contributed by atoms with Crippen molar-refractivity contribution < 1.29 is 36.0 Å². The summed E-state index contributed by atoms with van der Waals surface area (Å²) in [5.74, 6) is -4.87. The number of alkyl halides is 3. The van der Waals surface area contributed by atoms with Gasteiger partial charge in [-0.3, -0.25) is 0 Å². The molecule has 0 radical (unpaired) electrons. The van der Waals surface area contributed by atoms with Crippen LogP contribution >= 0.6 is 0 Å². The molecule has 1 heterocycles. The lowest BCUT2D eigenvalue weighted by Crippen LogP contribution is -2.12. The average molecular weight is 479 g/mol. The standard InChI is InChI=1S/C23H15F6N3O2/c1-11-2-3-12(21-31-22(34-32-21)15-6-7-17(25)20(33)19(15)26)8-18(11)30-10-13-4-5-14(24)9-16(13)23(27,28)29/h2-9,30,33H,10H2,1H3. The quantitative estimate of drug-likeness (QED) is 0.321. The number of aromatic nitrogens is 2. The van der Waals surface area contributed by atoms with Crippen molar-refractivity contribution in [2.45, 2.75) is 19.6 Å². The molecule has 0 aliphatic rings. The molecule has 0 saturated heterocycles. The van der Waals surface area contributed by atoms with Crippen LogP contribution in [0.4, 0.5) is 32.0 Å². The highest BCUT2D eigenvalue weighted by Crippen LogP contribution is 2.34. The largest absolute Gasteiger partial charge is 0.503 e. The summed E-state index contributed by atoms with van der Waals surface area (Å²) in [5.41, 5.74) is 0.00183. The van der Waals surface area contributed by atoms with E-state index in [1.54, 1.807) is 25.1 Å². The molecular weight excluding hydrogens is 464 g/mol. The van der Waals surface area contributed by atoms with Crippen molar-refractivity contribution >= 4 is 5.69 Å². The van der Waals surface area contributed by atoms with Gasteiger partial charge in [0.05, 0.1) is 11.1 Å². The van der Waals surface area contributed by atoms with Crippen molar-refractivity contribution in [3.8, 4) is 28.6 Å². The van der Waals surface area contributed by atoms with E-state index in [4.69, 9.17) is 4.52 Å². The molecule has 0 bridgehead atoms. The lowest BCUT2D eigenvalue weighted by Gasteiger charge is -2.15. The van der Waals surface area contributed by atoms with E-state index < -0.39 is 34.9 Å². The van der Waals surface area contributed by atoms with E-state index in [-0.39, 0.29) is 29.4 Å². The van der Waals surface area contributed by atoms with Crippen LogP contribution in [0.5, 0.6) is 5.75 Å². The molecule has 4 aromatic rings. The number of benzene rings is 3. The van der Waals surface area contributed by atoms with E-state index in [2.05, 4.69) is 15.5 Å². The number of hydrogen-bond donors (Lipinski definition) is 2. The van der Waals surface area contributed by atoms with Crippen molar-refractivity contribution in [3.05, 3.63) is 82.7 Å². The van der Waals surface area contributed by atoms with Crippen molar-refractivity contribution in [1.29, 1.82) is 0 Å². The van der Waals surface area contributed by atoms with E-state index in [1.165, 1.54) is 0 Å². The lowest BCUT2D eigenvalue weighted by molar-refractivity contribution is -0.138. The Kier molecular flexibility index (Phi) is 5.94. The Balaban J connectivity index is 1.61. The first kappa shape index (κ1) is 23.1. The number of hydrogen-bond acceptors (Lipinski definition) is 5. The van der Waals surface area contributed by atoms with Gasteiger partial charge in [-0.2, -0.15) is 18.2 Å².